The van der Waals surface area contributed by atoms with Gasteiger partial charge in [-0.05, 0) is 44.4 Å². The molecule has 1 atom stereocenters. The number of likely N-dealkylation sites (N-methyl/N-ethyl adjacent to an activating group) is 1. The highest BCUT2D eigenvalue weighted by atomic mass is 16.5. The quantitative estimate of drug-likeness (QED) is 0.752. The summed E-state index contributed by atoms with van der Waals surface area (Å²) in [6.07, 6.45) is 2.89. The predicted octanol–water partition coefficient (Wildman–Crippen LogP) is 3.73. The van der Waals surface area contributed by atoms with Crippen LogP contribution in [0.5, 0.6) is 5.75 Å². The summed E-state index contributed by atoms with van der Waals surface area (Å²) in [7, 11) is 3.56. The van der Waals surface area contributed by atoms with Gasteiger partial charge >= 0.3 is 0 Å². The maximum absolute atomic E-state index is 5.92. The normalized spacial score (nSPS) is 13.2. The van der Waals surface area contributed by atoms with Crippen molar-refractivity contribution in [2.75, 3.05) is 20.8 Å². The molecule has 21 heavy (non-hydrogen) atoms. The molecular formula is C18H31NO2. The highest BCUT2D eigenvalue weighted by molar-refractivity contribution is 5.37. The van der Waals surface area contributed by atoms with Gasteiger partial charge in [0.25, 0.3) is 0 Å². The van der Waals surface area contributed by atoms with Crippen LogP contribution in [0.1, 0.15) is 44.7 Å². The van der Waals surface area contributed by atoms with E-state index in [0.29, 0.717) is 0 Å². The summed E-state index contributed by atoms with van der Waals surface area (Å²) in [6, 6.07) is 6.64. The van der Waals surface area contributed by atoms with E-state index in [0.717, 1.165) is 31.6 Å². The van der Waals surface area contributed by atoms with Crippen molar-refractivity contribution < 1.29 is 9.47 Å². The molecule has 1 N–H and O–H groups in total. The number of benzene rings is 1. The average molecular weight is 293 g/mol. The molecule has 0 saturated heterocycles. The molecule has 1 aromatic rings. The van der Waals surface area contributed by atoms with E-state index in [1.165, 1.54) is 11.1 Å². The fourth-order valence-electron chi connectivity index (χ4n) is 3.15. The first-order valence-electron chi connectivity index (χ1n) is 7.98. The number of hydrogen-bond donors (Lipinski definition) is 1. The number of methoxy groups -OCH3 is 2. The van der Waals surface area contributed by atoms with Crippen LogP contribution in [-0.2, 0) is 11.2 Å². The SMILES string of the molecule is CCNC(Cc1cc(C)ccc1OC)C(CC)(CC)OC. The van der Waals surface area contributed by atoms with Gasteiger partial charge in [-0.2, -0.15) is 0 Å². The molecule has 0 amide bonds. The molecule has 3 heteroatoms. The van der Waals surface area contributed by atoms with Gasteiger partial charge in [-0.25, -0.2) is 0 Å². The van der Waals surface area contributed by atoms with Crippen molar-refractivity contribution in [1.29, 1.82) is 0 Å². The van der Waals surface area contributed by atoms with E-state index in [1.54, 1.807) is 7.11 Å². The Hall–Kier alpha value is -1.06. The maximum Gasteiger partial charge on any atom is 0.122 e. The van der Waals surface area contributed by atoms with Crippen LogP contribution in [0.4, 0.5) is 0 Å². The molecule has 0 heterocycles. The highest BCUT2D eigenvalue weighted by Gasteiger charge is 2.35. The van der Waals surface area contributed by atoms with Crippen LogP contribution in [0.25, 0.3) is 0 Å². The van der Waals surface area contributed by atoms with Crippen LogP contribution in [0.3, 0.4) is 0 Å². The summed E-state index contributed by atoms with van der Waals surface area (Å²) in [5, 5.41) is 3.62. The molecule has 0 aromatic heterocycles. The molecular weight excluding hydrogens is 262 g/mol. The topological polar surface area (TPSA) is 30.5 Å². The van der Waals surface area contributed by atoms with Gasteiger partial charge in [0.2, 0.25) is 0 Å². The molecule has 0 aliphatic carbocycles. The minimum Gasteiger partial charge on any atom is -0.496 e. The molecule has 0 saturated carbocycles. The molecule has 0 aliphatic rings. The van der Waals surface area contributed by atoms with Gasteiger partial charge in [0.1, 0.15) is 5.75 Å². The molecule has 1 aromatic carbocycles. The fourth-order valence-corrected chi connectivity index (χ4v) is 3.15. The Kier molecular flexibility index (Phi) is 7.20. The molecule has 0 aliphatic heterocycles. The van der Waals surface area contributed by atoms with Crippen LogP contribution in [0.2, 0.25) is 0 Å². The second kappa shape index (κ2) is 8.40. The summed E-state index contributed by atoms with van der Waals surface area (Å²) in [6.45, 7) is 9.60. The molecule has 0 fully saturated rings. The highest BCUT2D eigenvalue weighted by Crippen LogP contribution is 2.29. The van der Waals surface area contributed by atoms with Gasteiger partial charge in [-0.3, -0.25) is 0 Å². The van der Waals surface area contributed by atoms with Crippen molar-refractivity contribution >= 4 is 0 Å². The Morgan fingerprint density at radius 2 is 1.81 bits per heavy atom. The lowest BCUT2D eigenvalue weighted by Crippen LogP contribution is -2.52. The van der Waals surface area contributed by atoms with Gasteiger partial charge in [0.05, 0.1) is 12.7 Å². The zero-order valence-corrected chi connectivity index (χ0v) is 14.5. The van der Waals surface area contributed by atoms with Crippen molar-refractivity contribution in [1.82, 2.24) is 5.32 Å². The molecule has 3 nitrogen and oxygen atoms in total. The maximum atomic E-state index is 5.92. The zero-order valence-electron chi connectivity index (χ0n) is 14.5. The van der Waals surface area contributed by atoms with Crippen LogP contribution in [0.15, 0.2) is 18.2 Å². The van der Waals surface area contributed by atoms with Gasteiger partial charge in [0.15, 0.2) is 0 Å². The summed E-state index contributed by atoms with van der Waals surface area (Å²) in [5.41, 5.74) is 2.37. The van der Waals surface area contributed by atoms with Crippen LogP contribution < -0.4 is 10.1 Å². The molecule has 0 bridgehead atoms. The number of nitrogens with one attached hydrogen (secondary N) is 1. The Labute approximate surface area is 130 Å². The van der Waals surface area contributed by atoms with Gasteiger partial charge < -0.3 is 14.8 Å². The lowest BCUT2D eigenvalue weighted by molar-refractivity contribution is -0.0469. The van der Waals surface area contributed by atoms with Crippen molar-refractivity contribution in [2.45, 2.75) is 58.6 Å². The Bertz CT molecular complexity index is 419. The average Bonchev–Trinajstić information content (AvgIpc) is 2.50. The first kappa shape index (κ1) is 18.0. The molecule has 1 unspecified atom stereocenters. The first-order chi connectivity index (χ1) is 10.1. The van der Waals surface area contributed by atoms with E-state index in [4.69, 9.17) is 9.47 Å². The Balaban J connectivity index is 3.10. The van der Waals surface area contributed by atoms with Crippen molar-refractivity contribution in [3.8, 4) is 5.75 Å². The molecule has 0 radical (unpaired) electrons. The number of hydrogen-bond acceptors (Lipinski definition) is 3. The standard InChI is InChI=1S/C18H31NO2/c1-7-18(8-2,21-6)17(19-9-3)13-15-12-14(4)10-11-16(15)20-5/h10-12,17,19H,7-9,13H2,1-6H3. The lowest BCUT2D eigenvalue weighted by Gasteiger charge is -2.39. The first-order valence-corrected chi connectivity index (χ1v) is 7.98. The summed E-state index contributed by atoms with van der Waals surface area (Å²) >= 11 is 0. The van der Waals surface area contributed by atoms with Gasteiger partial charge in [-0.1, -0.05) is 38.5 Å². The largest absolute Gasteiger partial charge is 0.496 e. The third-order valence-corrected chi connectivity index (χ3v) is 4.55. The summed E-state index contributed by atoms with van der Waals surface area (Å²) < 4.78 is 11.4. The third-order valence-electron chi connectivity index (χ3n) is 4.55. The minimum absolute atomic E-state index is 0.134. The van der Waals surface area contributed by atoms with Crippen molar-refractivity contribution in [2.24, 2.45) is 0 Å². The lowest BCUT2D eigenvalue weighted by atomic mass is 9.84. The Morgan fingerprint density at radius 3 is 2.29 bits per heavy atom. The third kappa shape index (κ3) is 4.21. The van der Waals surface area contributed by atoms with Crippen LogP contribution >= 0.6 is 0 Å². The molecule has 0 spiro atoms. The second-order valence-electron chi connectivity index (χ2n) is 5.61. The molecule has 120 valence electrons. The summed E-state index contributed by atoms with van der Waals surface area (Å²) in [5.74, 6) is 0.959. The zero-order chi connectivity index (χ0) is 15.9. The van der Waals surface area contributed by atoms with E-state index < -0.39 is 0 Å². The fraction of sp³-hybridized carbons (Fsp3) is 0.667. The number of ether oxygens (including phenoxy) is 2. The summed E-state index contributed by atoms with van der Waals surface area (Å²) in [4.78, 5) is 0. The number of rotatable bonds is 9. The smallest absolute Gasteiger partial charge is 0.122 e. The second-order valence-corrected chi connectivity index (χ2v) is 5.61. The predicted molar refractivity (Wildman–Crippen MR) is 89.2 cm³/mol. The van der Waals surface area contributed by atoms with E-state index in [-0.39, 0.29) is 11.6 Å². The van der Waals surface area contributed by atoms with E-state index in [1.807, 2.05) is 7.11 Å². The van der Waals surface area contributed by atoms with Crippen LogP contribution in [0, 0.1) is 6.92 Å². The van der Waals surface area contributed by atoms with Gasteiger partial charge in [-0.15, -0.1) is 0 Å². The monoisotopic (exact) mass is 293 g/mol. The Morgan fingerprint density at radius 1 is 1.14 bits per heavy atom. The van der Waals surface area contributed by atoms with E-state index in [9.17, 15) is 0 Å². The number of aryl methyl sites for hydroxylation is 1. The van der Waals surface area contributed by atoms with E-state index >= 15 is 0 Å². The van der Waals surface area contributed by atoms with Crippen LogP contribution in [-0.4, -0.2) is 32.4 Å². The van der Waals surface area contributed by atoms with Gasteiger partial charge in [0, 0.05) is 13.2 Å². The van der Waals surface area contributed by atoms with E-state index in [2.05, 4.69) is 51.2 Å². The van der Waals surface area contributed by atoms with Crippen molar-refractivity contribution in [3.05, 3.63) is 29.3 Å². The minimum atomic E-state index is -0.134. The molecule has 1 rings (SSSR count). The van der Waals surface area contributed by atoms with Crippen molar-refractivity contribution in [3.63, 3.8) is 0 Å².